The van der Waals surface area contributed by atoms with E-state index < -0.39 is 47.3 Å². The molecule has 10 amide bonds. The molecule has 1 aromatic carbocycles. The lowest BCUT2D eigenvalue weighted by Crippen LogP contribution is -2.33. The molecule has 7 aromatic rings. The molecule has 0 fully saturated rings. The van der Waals surface area contributed by atoms with Crippen LogP contribution < -0.4 is 58.1 Å². The second kappa shape index (κ2) is 31.5. The second-order valence-corrected chi connectivity index (χ2v) is 21.1. The molecule has 478 valence electrons. The Morgan fingerprint density at radius 2 is 0.711 bits per heavy atom. The standard InChI is InChI=1S/C55H69Cl2N23O10/c1-32(81)62-35-26-76(4)46(64-35)52(87)72-39-30-78(6)49(68-39)55(90)71-38-29-75(3)45(67-38)51(86)61-23-16-42(83)59-22-17-43(84)63-36-27-77(5)47(65-36)53(88)73-40-31-79(7)48(69-40)54(89)70-37-28-74(2)44(66-37)50(85)60-21-9-20-58-41(82)11-8-10-33-12-14-34(15-13-33)80(24-18-56)25-19-57/h12-15,26-31H,8-11,16-25H2,1-7H3,(H,58,82)(H,59,83)(H,60,85)(H,61,86)(H,62,81)(H,63,84)(H,70,89)(H,71,90)(H,72,87)(H,73,88). The van der Waals surface area contributed by atoms with Crippen LogP contribution in [0.15, 0.2) is 61.4 Å². The third-order valence-corrected chi connectivity index (χ3v) is 13.5. The number of nitrogens with one attached hydrogen (secondary N) is 10. The predicted octanol–water partition coefficient (Wildman–Crippen LogP) is 1.86. The Balaban J connectivity index is 0.765. The van der Waals surface area contributed by atoms with Crippen molar-refractivity contribution in [1.82, 2.24) is 78.6 Å². The number of hydrogen-bond donors (Lipinski definition) is 10. The van der Waals surface area contributed by atoms with Crippen molar-refractivity contribution in [2.45, 2.75) is 45.4 Å². The van der Waals surface area contributed by atoms with Crippen LogP contribution in [0.4, 0.5) is 40.6 Å². The van der Waals surface area contributed by atoms with Crippen LogP contribution >= 0.6 is 23.2 Å². The zero-order valence-corrected chi connectivity index (χ0v) is 51.8. The van der Waals surface area contributed by atoms with E-state index in [-0.39, 0.29) is 114 Å². The monoisotopic (exact) mass is 1280 g/mol. The first kappa shape index (κ1) is 67.1. The van der Waals surface area contributed by atoms with Crippen LogP contribution in [0.3, 0.4) is 0 Å². The fourth-order valence-corrected chi connectivity index (χ4v) is 9.27. The molecule has 0 aliphatic heterocycles. The number of alkyl halides is 2. The molecule has 0 aliphatic rings. The number of aromatic nitrogens is 12. The number of carbonyl (C=O) groups excluding carboxylic acids is 10. The maximum atomic E-state index is 13.3. The first-order valence-electron chi connectivity index (χ1n) is 28.1. The Labute approximate surface area is 524 Å². The van der Waals surface area contributed by atoms with Gasteiger partial charge in [-0.15, -0.1) is 23.2 Å². The number of rotatable bonds is 31. The van der Waals surface area contributed by atoms with Crippen LogP contribution in [0.2, 0.25) is 0 Å². The minimum absolute atomic E-state index is 0.00353. The SMILES string of the molecule is CC(=O)Nc1cn(C)c(C(=O)Nc2cn(C)c(C(=O)Nc3cn(C)c(C(=O)NCCC(=O)NCCC(=O)Nc4cn(C)c(C(=O)Nc5cn(C)c(C(=O)Nc6cn(C)c(C(=O)NCCCNC(=O)CCCc7ccc(N(CCCl)CCCl)cc7)n6)n5)n4)n3)n2)n1. The number of halogens is 2. The highest BCUT2D eigenvalue weighted by atomic mass is 35.5. The maximum Gasteiger partial charge on any atom is 0.292 e. The van der Waals surface area contributed by atoms with Crippen molar-refractivity contribution in [3.63, 3.8) is 0 Å². The number of amides is 10. The van der Waals surface area contributed by atoms with Gasteiger partial charge in [0.15, 0.2) is 34.9 Å². The van der Waals surface area contributed by atoms with Crippen molar-refractivity contribution < 1.29 is 47.9 Å². The third-order valence-electron chi connectivity index (χ3n) is 13.2. The lowest BCUT2D eigenvalue weighted by Gasteiger charge is -2.23. The summed E-state index contributed by atoms with van der Waals surface area (Å²) in [7, 11) is 9.27. The van der Waals surface area contributed by atoms with E-state index in [1.165, 1.54) is 99.7 Å². The molecular formula is C55H69Cl2N23O10. The van der Waals surface area contributed by atoms with E-state index >= 15 is 0 Å². The van der Waals surface area contributed by atoms with E-state index in [4.69, 9.17) is 23.2 Å². The van der Waals surface area contributed by atoms with Gasteiger partial charge in [0.2, 0.25) is 58.6 Å². The van der Waals surface area contributed by atoms with Gasteiger partial charge in [-0.2, -0.15) is 0 Å². The van der Waals surface area contributed by atoms with E-state index in [0.717, 1.165) is 17.7 Å². The van der Waals surface area contributed by atoms with Gasteiger partial charge in [0.1, 0.15) is 0 Å². The Morgan fingerprint density at radius 3 is 1.11 bits per heavy atom. The lowest BCUT2D eigenvalue weighted by atomic mass is 10.1. The van der Waals surface area contributed by atoms with Gasteiger partial charge in [0, 0.05) is 162 Å². The summed E-state index contributed by atoms with van der Waals surface area (Å²) in [5.74, 6) is -4.42. The van der Waals surface area contributed by atoms with Crippen LogP contribution in [0.1, 0.15) is 108 Å². The van der Waals surface area contributed by atoms with Crippen molar-refractivity contribution >= 4 is 123 Å². The third kappa shape index (κ3) is 18.8. The normalized spacial score (nSPS) is 10.9. The van der Waals surface area contributed by atoms with Crippen LogP contribution in [0, 0.1) is 0 Å². The van der Waals surface area contributed by atoms with Crippen molar-refractivity contribution in [1.29, 1.82) is 0 Å². The molecule has 6 heterocycles. The highest BCUT2D eigenvalue weighted by Crippen LogP contribution is 2.19. The zero-order valence-electron chi connectivity index (χ0n) is 50.3. The lowest BCUT2D eigenvalue weighted by molar-refractivity contribution is -0.122. The fourth-order valence-electron chi connectivity index (χ4n) is 8.86. The number of carbonyl (C=O) groups is 10. The van der Waals surface area contributed by atoms with E-state index in [1.807, 2.05) is 24.3 Å². The van der Waals surface area contributed by atoms with E-state index in [9.17, 15) is 47.9 Å². The number of aryl methyl sites for hydroxylation is 7. The van der Waals surface area contributed by atoms with E-state index in [2.05, 4.69) is 88.0 Å². The molecule has 6 aromatic heterocycles. The molecule has 33 nitrogen and oxygen atoms in total. The Morgan fingerprint density at radius 1 is 0.389 bits per heavy atom. The summed E-state index contributed by atoms with van der Waals surface area (Å²) in [6.07, 6.45) is 10.4. The number of hydrogen-bond acceptors (Lipinski definition) is 17. The molecule has 0 radical (unpaired) electrons. The zero-order chi connectivity index (χ0) is 65.2. The molecule has 0 unspecified atom stereocenters. The molecule has 0 saturated carbocycles. The van der Waals surface area contributed by atoms with Crippen LogP contribution in [0.25, 0.3) is 0 Å². The summed E-state index contributed by atoms with van der Waals surface area (Å²) in [5.41, 5.74) is 2.17. The van der Waals surface area contributed by atoms with Gasteiger partial charge < -0.3 is 85.5 Å². The van der Waals surface area contributed by atoms with E-state index in [1.54, 1.807) is 14.1 Å². The molecule has 0 aliphatic carbocycles. The van der Waals surface area contributed by atoms with Gasteiger partial charge in [-0.3, -0.25) is 47.9 Å². The number of imidazole rings is 6. The molecule has 0 bridgehead atoms. The summed E-state index contributed by atoms with van der Waals surface area (Å²) in [5, 5.41) is 26.2. The van der Waals surface area contributed by atoms with Crippen LogP contribution in [-0.2, 0) is 67.9 Å². The van der Waals surface area contributed by atoms with Gasteiger partial charge in [-0.25, -0.2) is 29.9 Å². The quantitative estimate of drug-likeness (QED) is 0.0219. The average Bonchev–Trinajstić information content (AvgIpc) is 3.42. The molecule has 0 saturated heterocycles. The first-order chi connectivity index (χ1) is 43.0. The van der Waals surface area contributed by atoms with E-state index in [0.29, 0.717) is 50.7 Å². The number of nitrogens with zero attached hydrogens (tertiary/aromatic N) is 13. The predicted molar refractivity (Wildman–Crippen MR) is 332 cm³/mol. The molecule has 0 atom stereocenters. The highest BCUT2D eigenvalue weighted by Gasteiger charge is 2.24. The minimum atomic E-state index is -0.716. The molecule has 7 rings (SSSR count). The van der Waals surface area contributed by atoms with Crippen molar-refractivity contribution in [2.24, 2.45) is 42.3 Å². The van der Waals surface area contributed by atoms with Crippen LogP contribution in [0.5, 0.6) is 0 Å². The highest BCUT2D eigenvalue weighted by molar-refractivity contribution is 6.18. The van der Waals surface area contributed by atoms with Gasteiger partial charge in [0.05, 0.1) is 0 Å². The van der Waals surface area contributed by atoms with Gasteiger partial charge in [-0.1, -0.05) is 12.1 Å². The summed E-state index contributed by atoms with van der Waals surface area (Å²) in [6, 6.07) is 8.15. The summed E-state index contributed by atoms with van der Waals surface area (Å²) >= 11 is 11.9. The molecular weight excluding hydrogens is 1210 g/mol. The Hall–Kier alpha value is -10.4. The number of anilines is 7. The minimum Gasteiger partial charge on any atom is -0.369 e. The summed E-state index contributed by atoms with van der Waals surface area (Å²) < 4.78 is 8.31. The van der Waals surface area contributed by atoms with Crippen molar-refractivity contribution in [3.05, 3.63) is 102 Å². The number of benzene rings is 1. The molecule has 0 spiro atoms. The van der Waals surface area contributed by atoms with Gasteiger partial charge in [0.25, 0.3) is 35.4 Å². The first-order valence-corrected chi connectivity index (χ1v) is 29.1. The smallest absolute Gasteiger partial charge is 0.292 e. The Bertz CT molecular complexity index is 3780. The summed E-state index contributed by atoms with van der Waals surface area (Å²) in [6.45, 7) is 3.16. The largest absolute Gasteiger partial charge is 0.369 e. The van der Waals surface area contributed by atoms with Gasteiger partial charge >= 0.3 is 0 Å². The van der Waals surface area contributed by atoms with Gasteiger partial charge in [-0.05, 0) is 37.0 Å². The maximum absolute atomic E-state index is 13.3. The molecule has 10 N–H and O–H groups in total. The molecule has 35 heteroatoms. The Kier molecular flexibility index (Phi) is 23.4. The van der Waals surface area contributed by atoms with Crippen LogP contribution in [-0.4, -0.2) is 167 Å². The fraction of sp³-hybridized carbons (Fsp3) is 0.382. The van der Waals surface area contributed by atoms with Crippen molar-refractivity contribution in [2.75, 3.05) is 87.8 Å². The topological polar surface area (TPSA) is 401 Å². The average molecular weight is 1280 g/mol. The van der Waals surface area contributed by atoms with Crippen molar-refractivity contribution in [3.8, 4) is 0 Å². The second-order valence-electron chi connectivity index (χ2n) is 20.4. The molecule has 90 heavy (non-hydrogen) atoms. The summed E-state index contributed by atoms with van der Waals surface area (Å²) in [4.78, 5) is 155.